The highest BCUT2D eigenvalue weighted by molar-refractivity contribution is 5.96. The first-order valence-corrected chi connectivity index (χ1v) is 4.67. The fraction of sp³-hybridized carbons (Fsp3) is 0.167. The van der Waals surface area contributed by atoms with Crippen molar-refractivity contribution in [1.29, 1.82) is 0 Å². The van der Waals surface area contributed by atoms with Crippen molar-refractivity contribution in [3.8, 4) is 0 Å². The number of aliphatic carboxylic acids is 1. The number of hydrogen-bond acceptors (Lipinski definition) is 2. The smallest absolute Gasteiger partial charge is 0.328 e. The summed E-state index contributed by atoms with van der Waals surface area (Å²) in [6.07, 6.45) is 2.97. The SMILES string of the molecule is CCC(=O)c1cccc(/C=C/C(=O)O)c1. The number of rotatable bonds is 4. The molecule has 1 N–H and O–H groups in total. The van der Waals surface area contributed by atoms with Crippen LogP contribution in [0.5, 0.6) is 0 Å². The van der Waals surface area contributed by atoms with Gasteiger partial charge in [-0.05, 0) is 17.7 Å². The standard InChI is InChI=1S/C12H12O3/c1-2-11(13)10-5-3-4-9(8-10)6-7-12(14)15/h3-8H,2H2,1H3,(H,14,15)/b7-6+. The number of carboxylic acid groups (broad SMARTS) is 1. The molecule has 0 saturated carbocycles. The van der Waals surface area contributed by atoms with Gasteiger partial charge in [-0.15, -0.1) is 0 Å². The Morgan fingerprint density at radius 2 is 2.13 bits per heavy atom. The lowest BCUT2D eigenvalue weighted by molar-refractivity contribution is -0.131. The van der Waals surface area contributed by atoms with E-state index in [-0.39, 0.29) is 5.78 Å². The van der Waals surface area contributed by atoms with Crippen LogP contribution in [0.3, 0.4) is 0 Å². The normalized spacial score (nSPS) is 10.5. The summed E-state index contributed by atoms with van der Waals surface area (Å²) in [5.41, 5.74) is 1.33. The lowest BCUT2D eigenvalue weighted by atomic mass is 10.1. The molecular formula is C12H12O3. The molecule has 15 heavy (non-hydrogen) atoms. The van der Waals surface area contributed by atoms with Crippen molar-refractivity contribution in [2.45, 2.75) is 13.3 Å². The van der Waals surface area contributed by atoms with E-state index in [9.17, 15) is 9.59 Å². The second-order valence-electron chi connectivity index (χ2n) is 3.07. The number of benzene rings is 1. The van der Waals surface area contributed by atoms with Crippen LogP contribution in [-0.4, -0.2) is 16.9 Å². The van der Waals surface area contributed by atoms with Gasteiger partial charge in [0.1, 0.15) is 0 Å². The molecule has 0 unspecified atom stereocenters. The first-order valence-electron chi connectivity index (χ1n) is 4.67. The van der Waals surface area contributed by atoms with Crippen molar-refractivity contribution in [3.05, 3.63) is 41.5 Å². The molecule has 0 saturated heterocycles. The van der Waals surface area contributed by atoms with Gasteiger partial charge in [0.2, 0.25) is 0 Å². The molecule has 0 atom stereocenters. The zero-order chi connectivity index (χ0) is 11.3. The summed E-state index contributed by atoms with van der Waals surface area (Å²) in [4.78, 5) is 21.7. The minimum Gasteiger partial charge on any atom is -0.478 e. The van der Waals surface area contributed by atoms with Gasteiger partial charge in [-0.3, -0.25) is 4.79 Å². The Bertz CT molecular complexity index is 405. The predicted octanol–water partition coefficient (Wildman–Crippen LogP) is 2.38. The first-order chi connectivity index (χ1) is 7.13. The van der Waals surface area contributed by atoms with Gasteiger partial charge < -0.3 is 5.11 Å². The number of ketones is 1. The van der Waals surface area contributed by atoms with Gasteiger partial charge in [0, 0.05) is 18.1 Å². The molecule has 3 nitrogen and oxygen atoms in total. The molecular weight excluding hydrogens is 192 g/mol. The summed E-state index contributed by atoms with van der Waals surface area (Å²) in [6.45, 7) is 1.79. The van der Waals surface area contributed by atoms with Gasteiger partial charge in [0.05, 0.1) is 0 Å². The predicted molar refractivity (Wildman–Crippen MR) is 57.7 cm³/mol. The van der Waals surface area contributed by atoms with Crippen LogP contribution in [0.4, 0.5) is 0 Å². The maximum Gasteiger partial charge on any atom is 0.328 e. The lowest BCUT2D eigenvalue weighted by Crippen LogP contribution is -1.96. The topological polar surface area (TPSA) is 54.4 Å². The molecule has 0 aliphatic carbocycles. The van der Waals surface area contributed by atoms with Crippen LogP contribution < -0.4 is 0 Å². The van der Waals surface area contributed by atoms with Crippen LogP contribution in [0.25, 0.3) is 6.08 Å². The lowest BCUT2D eigenvalue weighted by Gasteiger charge is -1.98. The van der Waals surface area contributed by atoms with Crippen molar-refractivity contribution >= 4 is 17.8 Å². The van der Waals surface area contributed by atoms with E-state index in [4.69, 9.17) is 5.11 Å². The summed E-state index contributed by atoms with van der Waals surface area (Å²) in [7, 11) is 0. The van der Waals surface area contributed by atoms with E-state index in [0.717, 1.165) is 11.6 Å². The summed E-state index contributed by atoms with van der Waals surface area (Å²) < 4.78 is 0. The number of carbonyl (C=O) groups is 2. The Hall–Kier alpha value is -1.90. The Labute approximate surface area is 88.0 Å². The number of carboxylic acids is 1. The van der Waals surface area contributed by atoms with Gasteiger partial charge >= 0.3 is 5.97 Å². The maximum atomic E-state index is 11.4. The van der Waals surface area contributed by atoms with Crippen molar-refractivity contribution in [2.24, 2.45) is 0 Å². The molecule has 78 valence electrons. The zero-order valence-corrected chi connectivity index (χ0v) is 8.43. The molecule has 3 heteroatoms. The molecule has 0 spiro atoms. The first kappa shape index (κ1) is 11.2. The van der Waals surface area contributed by atoms with E-state index in [1.165, 1.54) is 6.08 Å². The summed E-state index contributed by atoms with van der Waals surface area (Å²) in [5.74, 6) is -0.942. The third-order valence-corrected chi connectivity index (χ3v) is 1.95. The van der Waals surface area contributed by atoms with Gasteiger partial charge in [0.15, 0.2) is 5.78 Å². The molecule has 1 rings (SSSR count). The van der Waals surface area contributed by atoms with Crippen LogP contribution in [0.15, 0.2) is 30.3 Å². The molecule has 0 bridgehead atoms. The number of Topliss-reactive ketones (excluding diaryl/α,β-unsaturated/α-hetero) is 1. The number of carbonyl (C=O) groups excluding carboxylic acids is 1. The molecule has 0 fully saturated rings. The quantitative estimate of drug-likeness (QED) is 0.605. The van der Waals surface area contributed by atoms with E-state index in [1.54, 1.807) is 31.2 Å². The maximum absolute atomic E-state index is 11.4. The Morgan fingerprint density at radius 1 is 1.40 bits per heavy atom. The van der Waals surface area contributed by atoms with Crippen LogP contribution >= 0.6 is 0 Å². The van der Waals surface area contributed by atoms with E-state index in [2.05, 4.69) is 0 Å². The molecule has 0 aromatic heterocycles. The molecule has 0 radical (unpaired) electrons. The van der Waals surface area contributed by atoms with E-state index in [0.29, 0.717) is 12.0 Å². The van der Waals surface area contributed by atoms with Crippen molar-refractivity contribution in [1.82, 2.24) is 0 Å². The highest BCUT2D eigenvalue weighted by Gasteiger charge is 2.02. The van der Waals surface area contributed by atoms with Crippen LogP contribution in [0.1, 0.15) is 29.3 Å². The average molecular weight is 204 g/mol. The third kappa shape index (κ3) is 3.38. The largest absolute Gasteiger partial charge is 0.478 e. The Balaban J connectivity index is 2.92. The van der Waals surface area contributed by atoms with Crippen LogP contribution in [0.2, 0.25) is 0 Å². The van der Waals surface area contributed by atoms with Gasteiger partial charge in [-0.1, -0.05) is 25.1 Å². The van der Waals surface area contributed by atoms with Gasteiger partial charge in [-0.25, -0.2) is 4.79 Å². The molecule has 0 aliphatic rings. The minimum atomic E-state index is -0.998. The summed E-state index contributed by atoms with van der Waals surface area (Å²) in [5, 5.41) is 8.45. The third-order valence-electron chi connectivity index (χ3n) is 1.95. The molecule has 1 aromatic rings. The average Bonchev–Trinajstić information content (AvgIpc) is 2.25. The van der Waals surface area contributed by atoms with Crippen molar-refractivity contribution in [2.75, 3.05) is 0 Å². The fourth-order valence-corrected chi connectivity index (χ4v) is 1.19. The Morgan fingerprint density at radius 3 is 2.73 bits per heavy atom. The van der Waals surface area contributed by atoms with E-state index >= 15 is 0 Å². The van der Waals surface area contributed by atoms with Gasteiger partial charge in [-0.2, -0.15) is 0 Å². The molecule has 0 aliphatic heterocycles. The molecule has 0 amide bonds. The summed E-state index contributed by atoms with van der Waals surface area (Å²) >= 11 is 0. The second kappa shape index (κ2) is 5.10. The highest BCUT2D eigenvalue weighted by Crippen LogP contribution is 2.09. The second-order valence-corrected chi connectivity index (χ2v) is 3.07. The molecule has 1 aromatic carbocycles. The van der Waals surface area contributed by atoms with E-state index in [1.807, 2.05) is 0 Å². The summed E-state index contributed by atoms with van der Waals surface area (Å²) in [6, 6.07) is 6.91. The fourth-order valence-electron chi connectivity index (χ4n) is 1.19. The van der Waals surface area contributed by atoms with E-state index < -0.39 is 5.97 Å². The number of hydrogen-bond donors (Lipinski definition) is 1. The van der Waals surface area contributed by atoms with Crippen LogP contribution in [-0.2, 0) is 4.79 Å². The Kier molecular flexibility index (Phi) is 3.80. The van der Waals surface area contributed by atoms with Gasteiger partial charge in [0.25, 0.3) is 0 Å². The van der Waals surface area contributed by atoms with Crippen molar-refractivity contribution in [3.63, 3.8) is 0 Å². The minimum absolute atomic E-state index is 0.0561. The highest BCUT2D eigenvalue weighted by atomic mass is 16.4. The van der Waals surface area contributed by atoms with Crippen molar-refractivity contribution < 1.29 is 14.7 Å². The monoisotopic (exact) mass is 204 g/mol. The van der Waals surface area contributed by atoms with Crippen LogP contribution in [0, 0.1) is 0 Å². The zero-order valence-electron chi connectivity index (χ0n) is 8.43. The molecule has 0 heterocycles.